The van der Waals surface area contributed by atoms with Gasteiger partial charge in [0.15, 0.2) is 11.5 Å². The van der Waals surface area contributed by atoms with Crippen LogP contribution >= 0.6 is 11.3 Å². The largest absolute Gasteiger partial charge is 0.420 e. The van der Waals surface area contributed by atoms with Gasteiger partial charge in [-0.05, 0) is 11.4 Å². The Kier molecular flexibility index (Phi) is 3.47. The zero-order valence-corrected chi connectivity index (χ0v) is 13.2. The van der Waals surface area contributed by atoms with Gasteiger partial charge in [-0.15, -0.1) is 31.7 Å². The lowest BCUT2D eigenvalue weighted by Crippen LogP contribution is -2.03. The minimum Gasteiger partial charge on any atom is -0.420 e. The van der Waals surface area contributed by atoms with Crippen LogP contribution in [0.5, 0.6) is 0 Å². The number of hydrogen-bond donors (Lipinski definition) is 1. The summed E-state index contributed by atoms with van der Waals surface area (Å²) in [5.74, 6) is 1.63. The van der Waals surface area contributed by atoms with Crippen LogP contribution in [-0.4, -0.2) is 20.4 Å². The molecule has 0 amide bonds. The van der Waals surface area contributed by atoms with Gasteiger partial charge in [-0.25, -0.2) is 0 Å². The molecule has 1 N–H and O–H groups in total. The topological polar surface area (TPSA) is 76.7 Å². The molecule has 7 heteroatoms. The number of aryl methyl sites for hydroxylation is 1. The van der Waals surface area contributed by atoms with Crippen molar-refractivity contribution < 1.29 is 4.42 Å². The Labute approximate surface area is 136 Å². The maximum Gasteiger partial charge on any atom is 0.268 e. The molecule has 23 heavy (non-hydrogen) atoms. The number of hydrogen-bond acceptors (Lipinski definition) is 7. The molecule has 6 nitrogen and oxygen atoms in total. The minimum atomic E-state index is 0.385. The first kappa shape index (κ1) is 13.8. The normalized spacial score (nSPS) is 11.0. The van der Waals surface area contributed by atoms with Crippen LogP contribution < -0.4 is 5.32 Å². The summed E-state index contributed by atoms with van der Waals surface area (Å²) in [7, 11) is 0. The summed E-state index contributed by atoms with van der Waals surface area (Å²) in [4.78, 5) is 1.24. The molecule has 0 spiro atoms. The van der Waals surface area contributed by atoms with Crippen molar-refractivity contribution in [1.82, 2.24) is 20.4 Å². The SMILES string of the molecule is Cc1nnc(-c2nnc(NCc3cccs3)c3ccccc23)o1. The third-order valence-corrected chi connectivity index (χ3v) is 4.30. The summed E-state index contributed by atoms with van der Waals surface area (Å²) in [6.07, 6.45) is 0. The number of nitrogens with one attached hydrogen (secondary N) is 1. The molecular formula is C16H13N5OS. The van der Waals surface area contributed by atoms with Gasteiger partial charge in [-0.1, -0.05) is 30.3 Å². The Morgan fingerprint density at radius 3 is 2.61 bits per heavy atom. The molecule has 0 aliphatic heterocycles. The fourth-order valence-corrected chi connectivity index (χ4v) is 3.01. The summed E-state index contributed by atoms with van der Waals surface area (Å²) in [5, 5.41) is 23.8. The van der Waals surface area contributed by atoms with Crippen LogP contribution in [0.4, 0.5) is 5.82 Å². The molecule has 3 heterocycles. The average molecular weight is 323 g/mol. The number of thiophene rings is 1. The molecule has 0 aliphatic carbocycles. The van der Waals surface area contributed by atoms with E-state index in [1.165, 1.54) is 4.88 Å². The fraction of sp³-hybridized carbons (Fsp3) is 0.125. The molecular weight excluding hydrogens is 310 g/mol. The van der Waals surface area contributed by atoms with E-state index in [1.54, 1.807) is 18.3 Å². The van der Waals surface area contributed by atoms with Crippen molar-refractivity contribution in [1.29, 1.82) is 0 Å². The minimum absolute atomic E-state index is 0.385. The first-order chi connectivity index (χ1) is 11.3. The van der Waals surface area contributed by atoms with E-state index in [4.69, 9.17) is 4.42 Å². The maximum absolute atomic E-state index is 5.49. The van der Waals surface area contributed by atoms with Gasteiger partial charge in [0.2, 0.25) is 5.89 Å². The average Bonchev–Trinajstić information content (AvgIpc) is 3.24. The first-order valence-electron chi connectivity index (χ1n) is 7.13. The van der Waals surface area contributed by atoms with Crippen molar-refractivity contribution in [3.8, 4) is 11.6 Å². The summed E-state index contributed by atoms with van der Waals surface area (Å²) in [6.45, 7) is 2.47. The van der Waals surface area contributed by atoms with E-state index in [0.29, 0.717) is 17.5 Å². The Balaban J connectivity index is 1.76. The number of fused-ring (bicyclic) bond motifs is 1. The highest BCUT2D eigenvalue weighted by Crippen LogP contribution is 2.29. The number of aromatic nitrogens is 4. The highest BCUT2D eigenvalue weighted by molar-refractivity contribution is 7.09. The van der Waals surface area contributed by atoms with Gasteiger partial charge in [-0.3, -0.25) is 0 Å². The Morgan fingerprint density at radius 2 is 1.87 bits per heavy atom. The highest BCUT2D eigenvalue weighted by Gasteiger charge is 2.15. The summed E-state index contributed by atoms with van der Waals surface area (Å²) in [5.41, 5.74) is 0.600. The van der Waals surface area contributed by atoms with E-state index in [2.05, 4.69) is 37.2 Å². The molecule has 0 aliphatic rings. The predicted octanol–water partition coefficient (Wildman–Crippen LogP) is 3.66. The molecule has 0 fully saturated rings. The molecule has 0 atom stereocenters. The zero-order valence-electron chi connectivity index (χ0n) is 12.4. The number of anilines is 1. The van der Waals surface area contributed by atoms with E-state index >= 15 is 0 Å². The van der Waals surface area contributed by atoms with Gasteiger partial charge in [0.05, 0.1) is 6.54 Å². The van der Waals surface area contributed by atoms with Crippen LogP contribution in [0.1, 0.15) is 10.8 Å². The van der Waals surface area contributed by atoms with Crippen molar-refractivity contribution in [2.45, 2.75) is 13.5 Å². The van der Waals surface area contributed by atoms with Crippen LogP contribution in [-0.2, 0) is 6.54 Å². The molecule has 1 aromatic carbocycles. The summed E-state index contributed by atoms with van der Waals surface area (Å²) in [6, 6.07) is 12.0. The van der Waals surface area contributed by atoms with Gasteiger partial charge in [0.25, 0.3) is 5.89 Å². The van der Waals surface area contributed by atoms with Crippen LogP contribution in [0.15, 0.2) is 46.2 Å². The fourth-order valence-electron chi connectivity index (χ4n) is 2.37. The lowest BCUT2D eigenvalue weighted by atomic mass is 10.1. The van der Waals surface area contributed by atoms with Crippen LogP contribution in [0.25, 0.3) is 22.4 Å². The Hall–Kier alpha value is -2.80. The lowest BCUT2D eigenvalue weighted by molar-refractivity contribution is 0.531. The molecule has 4 aromatic rings. The molecule has 0 unspecified atom stereocenters. The van der Waals surface area contributed by atoms with Crippen LogP contribution in [0, 0.1) is 6.92 Å². The van der Waals surface area contributed by atoms with E-state index in [9.17, 15) is 0 Å². The molecule has 0 radical (unpaired) electrons. The van der Waals surface area contributed by atoms with Gasteiger partial charge < -0.3 is 9.73 Å². The van der Waals surface area contributed by atoms with Crippen molar-refractivity contribution >= 4 is 27.9 Å². The van der Waals surface area contributed by atoms with E-state index in [-0.39, 0.29) is 0 Å². The summed E-state index contributed by atoms with van der Waals surface area (Å²) < 4.78 is 5.49. The van der Waals surface area contributed by atoms with Crippen molar-refractivity contribution in [2.24, 2.45) is 0 Å². The van der Waals surface area contributed by atoms with E-state index in [0.717, 1.165) is 23.1 Å². The maximum atomic E-state index is 5.49. The quantitative estimate of drug-likeness (QED) is 0.617. The first-order valence-corrected chi connectivity index (χ1v) is 8.01. The Morgan fingerprint density at radius 1 is 1.00 bits per heavy atom. The second-order valence-corrected chi connectivity index (χ2v) is 6.03. The molecule has 4 rings (SSSR count). The second kappa shape index (κ2) is 5.77. The smallest absolute Gasteiger partial charge is 0.268 e. The lowest BCUT2D eigenvalue weighted by Gasteiger charge is -2.08. The van der Waals surface area contributed by atoms with Gasteiger partial charge in [0.1, 0.15) is 0 Å². The molecule has 0 bridgehead atoms. The number of benzene rings is 1. The van der Waals surface area contributed by atoms with Crippen molar-refractivity contribution in [3.05, 3.63) is 52.5 Å². The third-order valence-electron chi connectivity index (χ3n) is 3.43. The van der Waals surface area contributed by atoms with Gasteiger partial charge in [0, 0.05) is 22.6 Å². The van der Waals surface area contributed by atoms with E-state index in [1.807, 2.05) is 30.3 Å². The zero-order chi connectivity index (χ0) is 15.6. The highest BCUT2D eigenvalue weighted by atomic mass is 32.1. The van der Waals surface area contributed by atoms with Crippen LogP contribution in [0.2, 0.25) is 0 Å². The summed E-state index contributed by atoms with van der Waals surface area (Å²) >= 11 is 1.71. The van der Waals surface area contributed by atoms with Crippen molar-refractivity contribution in [3.63, 3.8) is 0 Å². The monoisotopic (exact) mass is 323 g/mol. The standard InChI is InChI=1S/C16H13N5OS/c1-10-18-21-16(22-10)14-12-6-2-3-7-13(12)15(20-19-14)17-9-11-5-4-8-23-11/h2-8H,9H2,1H3,(H,17,20). The number of nitrogens with zero attached hydrogens (tertiary/aromatic N) is 4. The van der Waals surface area contributed by atoms with Gasteiger partial charge >= 0.3 is 0 Å². The van der Waals surface area contributed by atoms with Crippen molar-refractivity contribution in [2.75, 3.05) is 5.32 Å². The molecule has 0 saturated heterocycles. The van der Waals surface area contributed by atoms with E-state index < -0.39 is 0 Å². The third kappa shape index (κ3) is 2.66. The second-order valence-electron chi connectivity index (χ2n) is 5.00. The predicted molar refractivity (Wildman–Crippen MR) is 89.2 cm³/mol. The van der Waals surface area contributed by atoms with Crippen LogP contribution in [0.3, 0.4) is 0 Å². The Bertz CT molecular complexity index is 948. The molecule has 0 saturated carbocycles. The molecule has 3 aromatic heterocycles. The molecule has 114 valence electrons. The number of rotatable bonds is 4. The van der Waals surface area contributed by atoms with Gasteiger partial charge in [-0.2, -0.15) is 0 Å².